The van der Waals surface area contributed by atoms with Crippen LogP contribution in [-0.4, -0.2) is 41.3 Å². The number of nitrogens with zero attached hydrogens (tertiary/aromatic N) is 4. The topological polar surface area (TPSA) is 80.2 Å². The van der Waals surface area contributed by atoms with E-state index in [0.29, 0.717) is 24.0 Å². The first-order valence-corrected chi connectivity index (χ1v) is 10.8. The van der Waals surface area contributed by atoms with Gasteiger partial charge in [-0.2, -0.15) is 0 Å². The van der Waals surface area contributed by atoms with E-state index in [1.54, 1.807) is 30.7 Å². The highest BCUT2D eigenvalue weighted by molar-refractivity contribution is 8.00. The molecular formula is C17H19N5O2S3. The van der Waals surface area contributed by atoms with E-state index >= 15 is 0 Å². The van der Waals surface area contributed by atoms with Gasteiger partial charge in [0.15, 0.2) is 9.47 Å². The first kappa shape index (κ1) is 19.7. The van der Waals surface area contributed by atoms with Gasteiger partial charge in [-0.05, 0) is 12.1 Å². The van der Waals surface area contributed by atoms with Crippen LogP contribution in [0.3, 0.4) is 0 Å². The molecule has 7 nitrogen and oxygen atoms in total. The molecule has 142 valence electrons. The minimum absolute atomic E-state index is 0.0642. The summed E-state index contributed by atoms with van der Waals surface area (Å²) in [5.41, 5.74) is 1.72. The van der Waals surface area contributed by atoms with Crippen LogP contribution in [0.4, 0.5) is 16.0 Å². The zero-order chi connectivity index (χ0) is 19.1. The van der Waals surface area contributed by atoms with E-state index in [4.69, 9.17) is 4.74 Å². The smallest absolute Gasteiger partial charge is 0.230 e. The molecular weight excluding hydrogens is 402 g/mol. The van der Waals surface area contributed by atoms with Crippen molar-refractivity contribution < 1.29 is 9.53 Å². The maximum Gasteiger partial charge on any atom is 0.230 e. The lowest BCUT2D eigenvalue weighted by molar-refractivity contribution is -0.115. The van der Waals surface area contributed by atoms with Gasteiger partial charge in [-0.3, -0.25) is 9.69 Å². The zero-order valence-electron chi connectivity index (χ0n) is 14.9. The molecule has 1 N–H and O–H groups in total. The second-order valence-corrected chi connectivity index (χ2v) is 8.43. The Bertz CT molecular complexity index is 868. The normalized spacial score (nSPS) is 10.7. The fourth-order valence-electron chi connectivity index (χ4n) is 2.20. The predicted molar refractivity (Wildman–Crippen MR) is 111 cm³/mol. The molecule has 10 heteroatoms. The second-order valence-electron chi connectivity index (χ2n) is 5.39. The number of thioether (sulfide) groups is 1. The van der Waals surface area contributed by atoms with E-state index < -0.39 is 0 Å². The van der Waals surface area contributed by atoms with E-state index in [1.165, 1.54) is 22.7 Å². The van der Waals surface area contributed by atoms with Crippen molar-refractivity contribution in [3.63, 3.8) is 0 Å². The number of ether oxygens (including phenoxy) is 1. The number of carbonyl (C=O) groups excluding carboxylic acids is 1. The first-order valence-electron chi connectivity index (χ1n) is 8.16. The second kappa shape index (κ2) is 9.79. The van der Waals surface area contributed by atoms with Gasteiger partial charge < -0.3 is 10.1 Å². The van der Waals surface area contributed by atoms with Crippen LogP contribution in [0.25, 0.3) is 0 Å². The minimum Gasteiger partial charge on any atom is -0.383 e. The van der Waals surface area contributed by atoms with Gasteiger partial charge in [0.2, 0.25) is 11.0 Å². The predicted octanol–water partition coefficient (Wildman–Crippen LogP) is 4.03. The van der Waals surface area contributed by atoms with Crippen LogP contribution in [0.5, 0.6) is 0 Å². The van der Waals surface area contributed by atoms with Crippen LogP contribution in [0, 0.1) is 0 Å². The number of para-hydroxylation sites is 1. The minimum atomic E-state index is -0.0642. The third-order valence-electron chi connectivity index (χ3n) is 3.39. The van der Waals surface area contributed by atoms with E-state index in [0.717, 1.165) is 20.9 Å². The molecule has 0 aliphatic carbocycles. The van der Waals surface area contributed by atoms with Crippen LogP contribution in [0.2, 0.25) is 0 Å². The number of methoxy groups -OCH3 is 1. The van der Waals surface area contributed by atoms with Crippen molar-refractivity contribution in [2.45, 2.75) is 17.0 Å². The molecule has 0 radical (unpaired) electrons. The lowest BCUT2D eigenvalue weighted by atomic mass is 10.3. The van der Waals surface area contributed by atoms with Crippen molar-refractivity contribution in [1.29, 1.82) is 0 Å². The molecule has 2 heterocycles. The van der Waals surface area contributed by atoms with Crippen molar-refractivity contribution in [2.75, 3.05) is 30.5 Å². The molecule has 0 spiro atoms. The SMILES string of the molecule is COCCNc1nnc(SCc2csc(N(C(C)=O)c3ccccc3)n2)s1. The van der Waals surface area contributed by atoms with E-state index in [9.17, 15) is 4.79 Å². The number of hydrogen-bond donors (Lipinski definition) is 1. The number of carbonyl (C=O) groups is 1. The van der Waals surface area contributed by atoms with Gasteiger partial charge >= 0.3 is 0 Å². The Morgan fingerprint density at radius 2 is 2.11 bits per heavy atom. The van der Waals surface area contributed by atoms with Crippen molar-refractivity contribution >= 4 is 56.3 Å². The number of benzene rings is 1. The van der Waals surface area contributed by atoms with Gasteiger partial charge in [0.05, 0.1) is 18.0 Å². The molecule has 0 aliphatic heterocycles. The van der Waals surface area contributed by atoms with E-state index in [2.05, 4.69) is 20.5 Å². The maximum absolute atomic E-state index is 12.1. The largest absolute Gasteiger partial charge is 0.383 e. The number of nitrogens with one attached hydrogen (secondary N) is 1. The lowest BCUT2D eigenvalue weighted by Gasteiger charge is -2.17. The van der Waals surface area contributed by atoms with Gasteiger partial charge in [0, 0.05) is 31.7 Å². The third-order valence-corrected chi connectivity index (χ3v) is 6.32. The fourth-order valence-corrected chi connectivity index (χ4v) is 4.87. The summed E-state index contributed by atoms with van der Waals surface area (Å²) in [6.45, 7) is 2.87. The molecule has 0 bridgehead atoms. The monoisotopic (exact) mass is 421 g/mol. The average Bonchev–Trinajstić information content (AvgIpc) is 3.31. The highest BCUT2D eigenvalue weighted by Gasteiger charge is 2.18. The Morgan fingerprint density at radius 1 is 1.30 bits per heavy atom. The summed E-state index contributed by atoms with van der Waals surface area (Å²) < 4.78 is 5.87. The molecule has 1 amide bonds. The number of aromatic nitrogens is 3. The van der Waals surface area contributed by atoms with E-state index in [-0.39, 0.29) is 5.91 Å². The summed E-state index contributed by atoms with van der Waals surface area (Å²) in [7, 11) is 1.66. The number of rotatable bonds is 9. The Morgan fingerprint density at radius 3 is 2.85 bits per heavy atom. The van der Waals surface area contributed by atoms with Crippen LogP contribution >= 0.6 is 34.4 Å². The van der Waals surface area contributed by atoms with Crippen molar-refractivity contribution in [3.05, 3.63) is 41.4 Å². The quantitative estimate of drug-likeness (QED) is 0.413. The highest BCUT2D eigenvalue weighted by Crippen LogP contribution is 2.32. The molecule has 2 aromatic heterocycles. The van der Waals surface area contributed by atoms with Crippen molar-refractivity contribution in [2.24, 2.45) is 0 Å². The van der Waals surface area contributed by atoms with Gasteiger partial charge in [-0.15, -0.1) is 21.5 Å². The van der Waals surface area contributed by atoms with Crippen LogP contribution in [0.1, 0.15) is 12.6 Å². The number of anilines is 3. The summed E-state index contributed by atoms with van der Waals surface area (Å²) in [6, 6.07) is 9.53. The van der Waals surface area contributed by atoms with Gasteiger partial charge in [0.1, 0.15) is 0 Å². The van der Waals surface area contributed by atoms with Gasteiger partial charge in [0.25, 0.3) is 0 Å². The molecule has 0 aliphatic rings. The van der Waals surface area contributed by atoms with Crippen LogP contribution in [0.15, 0.2) is 40.1 Å². The maximum atomic E-state index is 12.1. The lowest BCUT2D eigenvalue weighted by Crippen LogP contribution is -2.22. The van der Waals surface area contributed by atoms with Gasteiger partial charge in [-0.1, -0.05) is 41.3 Å². The number of thiazole rings is 1. The Labute approximate surface area is 169 Å². The number of amides is 1. The van der Waals surface area contributed by atoms with Crippen molar-refractivity contribution in [1.82, 2.24) is 15.2 Å². The highest BCUT2D eigenvalue weighted by atomic mass is 32.2. The molecule has 0 fully saturated rings. The van der Waals surface area contributed by atoms with Crippen LogP contribution in [-0.2, 0) is 15.3 Å². The molecule has 1 aromatic carbocycles. The average molecular weight is 422 g/mol. The standard InChI is InChI=1S/C17H19N5O2S3/c1-12(23)22(14-6-4-3-5-7-14)16-19-13(10-25-16)11-26-17-21-20-15(27-17)18-8-9-24-2/h3-7,10H,8-9,11H2,1-2H3,(H,18,20). The zero-order valence-corrected chi connectivity index (χ0v) is 17.4. The molecule has 0 unspecified atom stereocenters. The Kier molecular flexibility index (Phi) is 7.16. The molecule has 0 atom stereocenters. The molecule has 0 saturated heterocycles. The Balaban J connectivity index is 1.61. The molecule has 3 aromatic rings. The summed E-state index contributed by atoms with van der Waals surface area (Å²) in [6.07, 6.45) is 0. The fraction of sp³-hybridized carbons (Fsp3) is 0.294. The molecule has 27 heavy (non-hydrogen) atoms. The molecule has 0 saturated carbocycles. The summed E-state index contributed by atoms with van der Waals surface area (Å²) in [5.74, 6) is 0.606. The van der Waals surface area contributed by atoms with Gasteiger partial charge in [-0.25, -0.2) is 4.98 Å². The molecule has 3 rings (SSSR count). The third kappa shape index (κ3) is 5.48. The van der Waals surface area contributed by atoms with Crippen molar-refractivity contribution in [3.8, 4) is 0 Å². The Hall–Kier alpha value is -2.01. The number of hydrogen-bond acceptors (Lipinski definition) is 9. The first-order chi connectivity index (χ1) is 13.2. The van der Waals surface area contributed by atoms with Crippen LogP contribution < -0.4 is 10.2 Å². The van der Waals surface area contributed by atoms with E-state index in [1.807, 2.05) is 35.7 Å². The summed E-state index contributed by atoms with van der Waals surface area (Å²) in [4.78, 5) is 18.3. The summed E-state index contributed by atoms with van der Waals surface area (Å²) in [5, 5.41) is 14.9. The summed E-state index contributed by atoms with van der Waals surface area (Å²) >= 11 is 4.54.